The smallest absolute Gasteiger partial charge is 0.285 e. The van der Waals surface area contributed by atoms with E-state index in [1.165, 1.54) is 0 Å². The van der Waals surface area contributed by atoms with Crippen LogP contribution in [0.3, 0.4) is 0 Å². The third-order valence-electron chi connectivity index (χ3n) is 11.6. The van der Waals surface area contributed by atoms with Gasteiger partial charge in [0, 0.05) is 0 Å². The highest BCUT2D eigenvalue weighted by atomic mass is 32.3. The lowest BCUT2D eigenvalue weighted by atomic mass is 9.71. The molecule has 13 heteroatoms. The van der Waals surface area contributed by atoms with Crippen molar-refractivity contribution in [2.24, 2.45) is 33.5 Å². The van der Waals surface area contributed by atoms with Gasteiger partial charge in [-0.2, -0.15) is 25.3 Å². The van der Waals surface area contributed by atoms with Crippen molar-refractivity contribution in [3.8, 4) is 0 Å². The minimum absolute atomic E-state index is 0.0868. The average molecular weight is 647 g/mol. The summed E-state index contributed by atoms with van der Waals surface area (Å²) in [5.41, 5.74) is 1.73. The summed E-state index contributed by atoms with van der Waals surface area (Å²) in [6.07, 6.45) is 7.16. The first-order valence-corrected chi connectivity index (χ1v) is 18.3. The lowest BCUT2D eigenvalue weighted by Gasteiger charge is -2.37. The van der Waals surface area contributed by atoms with Gasteiger partial charge in [0.05, 0.1) is 7.11 Å². The molecule has 6 unspecified atom stereocenters. The molecule has 0 spiro atoms. The number of rotatable bonds is 5. The number of benzene rings is 1. The molecule has 1 aromatic rings. The molecular weight excluding hydrogens is 605 g/mol. The molecule has 0 saturated heterocycles. The van der Waals surface area contributed by atoms with E-state index in [9.17, 15) is 34.4 Å². The van der Waals surface area contributed by atoms with Gasteiger partial charge in [-0.15, -0.1) is 0 Å². The lowest BCUT2D eigenvalue weighted by molar-refractivity contribution is 0.151. The predicted molar refractivity (Wildman–Crippen MR) is 161 cm³/mol. The molecule has 236 valence electrons. The fourth-order valence-corrected chi connectivity index (χ4v) is 12.0. The van der Waals surface area contributed by atoms with Crippen molar-refractivity contribution in [1.82, 2.24) is 0 Å². The topological polar surface area (TPSA) is 172 Å². The highest BCUT2D eigenvalue weighted by Crippen LogP contribution is 2.70. The third kappa shape index (κ3) is 5.22. The summed E-state index contributed by atoms with van der Waals surface area (Å²) >= 11 is 0. The van der Waals surface area contributed by atoms with Crippen LogP contribution in [0.15, 0.2) is 35.4 Å². The largest absolute Gasteiger partial charge is 0.397 e. The maximum absolute atomic E-state index is 12.5. The van der Waals surface area contributed by atoms with Gasteiger partial charge in [0.15, 0.2) is 0 Å². The molecule has 0 heterocycles. The Morgan fingerprint density at radius 2 is 0.952 bits per heavy atom. The standard InChI is InChI=1S/C28H38O6S2.CH4O4S/c1-25(2)21-11-13-27(25,5)23(35(29,30)31)19(21)15-17-7-9-18(10-8-17)16-20-22-12-14-28(6,26(22,3)4)24(20)36(32,33)34;1-5-6(2,3)4/h7-10,15-16,21-24H,11-14H2,1-6H3,(H,29,30,31)(H,32,33,34);1H3,(H,2,3,4). The molecule has 0 aliphatic heterocycles. The summed E-state index contributed by atoms with van der Waals surface area (Å²) in [6, 6.07) is 7.63. The van der Waals surface area contributed by atoms with Gasteiger partial charge in [0.25, 0.3) is 20.2 Å². The van der Waals surface area contributed by atoms with Gasteiger partial charge < -0.3 is 0 Å². The molecule has 5 rings (SSSR count). The van der Waals surface area contributed by atoms with E-state index in [0.29, 0.717) is 0 Å². The van der Waals surface area contributed by atoms with E-state index in [1.54, 1.807) is 0 Å². The highest BCUT2D eigenvalue weighted by Gasteiger charge is 2.68. The van der Waals surface area contributed by atoms with E-state index in [4.69, 9.17) is 4.55 Å². The van der Waals surface area contributed by atoms with Crippen molar-refractivity contribution in [3.05, 3.63) is 46.5 Å². The first-order valence-electron chi connectivity index (χ1n) is 13.9. The molecule has 4 saturated carbocycles. The Hall–Kier alpha value is -1.61. The maximum atomic E-state index is 12.5. The van der Waals surface area contributed by atoms with Crippen molar-refractivity contribution in [2.75, 3.05) is 7.11 Å². The SMILES string of the molecule is CC1(C)C2CCC1(C)C(S(=O)(=O)O)C2=Cc1ccc(C=C2C3CCC(C)(C2S(=O)(=O)O)C3(C)C)cc1.COS(=O)(=O)O. The van der Waals surface area contributed by atoms with Crippen LogP contribution in [0, 0.1) is 33.5 Å². The van der Waals surface area contributed by atoms with Gasteiger partial charge in [-0.1, -0.05) is 78.0 Å². The fraction of sp³-hybridized carbons (Fsp3) is 0.655. The van der Waals surface area contributed by atoms with Crippen LogP contribution in [0.1, 0.15) is 78.4 Å². The Balaban J connectivity index is 0.000000612. The van der Waals surface area contributed by atoms with Crippen LogP contribution < -0.4 is 0 Å². The number of hydrogen-bond acceptors (Lipinski definition) is 7. The molecule has 4 aliphatic carbocycles. The normalized spacial score (nSPS) is 36.8. The zero-order chi connectivity index (χ0) is 31.9. The molecule has 3 N–H and O–H groups in total. The Morgan fingerprint density at radius 3 is 1.19 bits per heavy atom. The van der Waals surface area contributed by atoms with Gasteiger partial charge >= 0.3 is 10.4 Å². The summed E-state index contributed by atoms with van der Waals surface area (Å²) in [7, 11) is -11.8. The van der Waals surface area contributed by atoms with Gasteiger partial charge in [-0.25, -0.2) is 0 Å². The zero-order valence-electron chi connectivity index (χ0n) is 25.0. The highest BCUT2D eigenvalue weighted by molar-refractivity contribution is 7.87. The van der Waals surface area contributed by atoms with Crippen molar-refractivity contribution >= 4 is 42.8 Å². The second kappa shape index (κ2) is 10.2. The third-order valence-corrected chi connectivity index (χ3v) is 14.8. The summed E-state index contributed by atoms with van der Waals surface area (Å²) < 4.78 is 99.8. The van der Waals surface area contributed by atoms with Crippen LogP contribution in [-0.4, -0.2) is 56.5 Å². The van der Waals surface area contributed by atoms with Gasteiger partial charge in [0.2, 0.25) is 0 Å². The molecule has 0 amide bonds. The predicted octanol–water partition coefficient (Wildman–Crippen LogP) is 5.31. The number of fused-ring (bicyclic) bond motifs is 4. The van der Waals surface area contributed by atoms with Crippen molar-refractivity contribution in [2.45, 2.75) is 77.7 Å². The second-order valence-electron chi connectivity index (χ2n) is 13.8. The van der Waals surface area contributed by atoms with Gasteiger partial charge in [0.1, 0.15) is 10.5 Å². The fourth-order valence-electron chi connectivity index (χ4n) is 8.68. The molecule has 4 fully saturated rings. The van der Waals surface area contributed by atoms with E-state index in [-0.39, 0.29) is 22.7 Å². The van der Waals surface area contributed by atoms with Crippen LogP contribution in [0.25, 0.3) is 12.2 Å². The summed E-state index contributed by atoms with van der Waals surface area (Å²) in [5, 5.41) is -1.82. The molecule has 10 nitrogen and oxygen atoms in total. The van der Waals surface area contributed by atoms with Gasteiger partial charge in [-0.3, -0.25) is 17.8 Å². The first kappa shape index (κ1) is 33.3. The minimum atomic E-state index is -4.26. The molecule has 0 aromatic heterocycles. The van der Waals surface area contributed by atoms with Crippen LogP contribution in [0.5, 0.6) is 0 Å². The van der Waals surface area contributed by atoms with Crippen molar-refractivity contribution in [3.63, 3.8) is 0 Å². The Morgan fingerprint density at radius 1 is 0.667 bits per heavy atom. The van der Waals surface area contributed by atoms with Crippen LogP contribution in [-0.2, 0) is 34.8 Å². The lowest BCUT2D eigenvalue weighted by Crippen LogP contribution is -2.40. The van der Waals surface area contributed by atoms with Crippen LogP contribution in [0.4, 0.5) is 0 Å². The summed E-state index contributed by atoms with van der Waals surface area (Å²) in [4.78, 5) is 0. The Labute approximate surface area is 250 Å². The minimum Gasteiger partial charge on any atom is -0.285 e. The summed E-state index contributed by atoms with van der Waals surface area (Å²) in [5.74, 6) is 0.174. The maximum Gasteiger partial charge on any atom is 0.397 e. The van der Waals surface area contributed by atoms with Crippen LogP contribution >= 0.6 is 0 Å². The van der Waals surface area contributed by atoms with E-state index in [1.807, 2.05) is 50.3 Å². The monoisotopic (exact) mass is 646 g/mol. The first-order chi connectivity index (χ1) is 18.9. The van der Waals surface area contributed by atoms with Crippen molar-refractivity contribution in [1.29, 1.82) is 0 Å². The van der Waals surface area contributed by atoms with E-state index < -0.39 is 52.0 Å². The Bertz CT molecular complexity index is 1530. The van der Waals surface area contributed by atoms with Gasteiger partial charge in [-0.05, 0) is 81.5 Å². The van der Waals surface area contributed by atoms with E-state index >= 15 is 0 Å². The molecule has 4 aliphatic rings. The molecule has 4 bridgehead atoms. The van der Waals surface area contributed by atoms with E-state index in [2.05, 4.69) is 31.9 Å². The van der Waals surface area contributed by atoms with Crippen LogP contribution in [0.2, 0.25) is 0 Å². The number of hydrogen-bond donors (Lipinski definition) is 3. The van der Waals surface area contributed by atoms with Crippen molar-refractivity contribution < 1.29 is 43.1 Å². The molecule has 6 atom stereocenters. The molecular formula is C29H42O10S3. The zero-order valence-corrected chi connectivity index (χ0v) is 27.5. The van der Waals surface area contributed by atoms with E-state index in [0.717, 1.165) is 55.1 Å². The Kier molecular flexibility index (Phi) is 8.09. The average Bonchev–Trinajstić information content (AvgIpc) is 3.33. The quantitative estimate of drug-likeness (QED) is 0.356. The molecule has 0 radical (unpaired) electrons. The summed E-state index contributed by atoms with van der Waals surface area (Å²) in [6.45, 7) is 12.3. The molecule has 1 aromatic carbocycles. The molecule has 42 heavy (non-hydrogen) atoms. The second-order valence-corrected chi connectivity index (χ2v) is 18.0.